The molecule has 0 spiro atoms. The standard InChI is InChI=1S/C27H34N6O/c1-31(2)24-12-7-21-19-28-27(30-26(21)25(24)20-5-3-4-6-20)29-22-8-10-23(11-9-22)33-15-13-32(14-16-33)17-18-34/h7-12,18-20H,3-6,13-17H2,1-2H3,(H,28,29,30). The van der Waals surface area contributed by atoms with Gasteiger partial charge in [0.1, 0.15) is 6.29 Å². The van der Waals surface area contributed by atoms with Crippen molar-refractivity contribution < 1.29 is 4.79 Å². The summed E-state index contributed by atoms with van der Waals surface area (Å²) in [5.41, 5.74) is 5.89. The number of anilines is 4. The van der Waals surface area contributed by atoms with Gasteiger partial charge in [-0.2, -0.15) is 0 Å². The molecule has 1 saturated carbocycles. The van der Waals surface area contributed by atoms with Crippen LogP contribution in [0.2, 0.25) is 0 Å². The van der Waals surface area contributed by atoms with Crippen molar-refractivity contribution in [3.05, 3.63) is 48.2 Å². The van der Waals surface area contributed by atoms with Crippen LogP contribution in [-0.2, 0) is 4.79 Å². The van der Waals surface area contributed by atoms with Gasteiger partial charge < -0.3 is 19.9 Å². The van der Waals surface area contributed by atoms with Crippen LogP contribution in [0.4, 0.5) is 23.0 Å². The van der Waals surface area contributed by atoms with Gasteiger partial charge in [-0.05, 0) is 55.2 Å². The molecule has 2 heterocycles. The fourth-order valence-corrected chi connectivity index (χ4v) is 5.35. The number of fused-ring (bicyclic) bond motifs is 1. The number of hydrogen-bond acceptors (Lipinski definition) is 7. The molecular weight excluding hydrogens is 424 g/mol. The third-order valence-electron chi connectivity index (χ3n) is 7.21. The number of carbonyl (C=O) groups excluding carboxylic acids is 1. The smallest absolute Gasteiger partial charge is 0.227 e. The molecular formula is C27H34N6O. The minimum Gasteiger partial charge on any atom is -0.377 e. The molecule has 0 radical (unpaired) electrons. The molecule has 1 aliphatic heterocycles. The fraction of sp³-hybridized carbons (Fsp3) is 0.444. The van der Waals surface area contributed by atoms with Gasteiger partial charge in [0.15, 0.2) is 0 Å². The third kappa shape index (κ3) is 4.71. The topological polar surface area (TPSA) is 64.6 Å². The van der Waals surface area contributed by atoms with Crippen LogP contribution in [0, 0.1) is 0 Å². The van der Waals surface area contributed by atoms with E-state index >= 15 is 0 Å². The number of aromatic nitrogens is 2. The number of nitrogens with zero attached hydrogens (tertiary/aromatic N) is 5. The Kier molecular flexibility index (Phi) is 6.63. The van der Waals surface area contributed by atoms with Crippen LogP contribution in [0.1, 0.15) is 37.2 Å². The lowest BCUT2D eigenvalue weighted by atomic mass is 9.93. The maximum atomic E-state index is 10.7. The summed E-state index contributed by atoms with van der Waals surface area (Å²) >= 11 is 0. The van der Waals surface area contributed by atoms with Crippen LogP contribution in [0.25, 0.3) is 10.9 Å². The summed E-state index contributed by atoms with van der Waals surface area (Å²) < 4.78 is 0. The Hall–Kier alpha value is -3.19. The highest BCUT2D eigenvalue weighted by Crippen LogP contribution is 2.42. The van der Waals surface area contributed by atoms with E-state index in [4.69, 9.17) is 4.98 Å². The number of rotatable bonds is 7. The third-order valence-corrected chi connectivity index (χ3v) is 7.21. The lowest BCUT2D eigenvalue weighted by Crippen LogP contribution is -2.46. The van der Waals surface area contributed by atoms with Crippen LogP contribution < -0.4 is 15.1 Å². The average Bonchev–Trinajstić information content (AvgIpc) is 3.39. The highest BCUT2D eigenvalue weighted by atomic mass is 16.1. The van der Waals surface area contributed by atoms with E-state index in [0.717, 1.165) is 49.1 Å². The van der Waals surface area contributed by atoms with Crippen molar-refractivity contribution in [2.75, 3.05) is 61.9 Å². The van der Waals surface area contributed by atoms with Gasteiger partial charge in [-0.1, -0.05) is 12.8 Å². The van der Waals surface area contributed by atoms with Crippen molar-refractivity contribution in [3.63, 3.8) is 0 Å². The summed E-state index contributed by atoms with van der Waals surface area (Å²) in [5, 5.41) is 4.51. The van der Waals surface area contributed by atoms with Crippen molar-refractivity contribution in [3.8, 4) is 0 Å². The van der Waals surface area contributed by atoms with E-state index in [0.29, 0.717) is 18.4 Å². The second-order valence-electron chi connectivity index (χ2n) is 9.63. The Morgan fingerprint density at radius 2 is 1.76 bits per heavy atom. The van der Waals surface area contributed by atoms with E-state index in [1.54, 1.807) is 0 Å². The lowest BCUT2D eigenvalue weighted by molar-refractivity contribution is -0.108. The van der Waals surface area contributed by atoms with E-state index in [9.17, 15) is 4.79 Å². The number of piperazine rings is 1. The summed E-state index contributed by atoms with van der Waals surface area (Å²) in [4.78, 5) is 27.1. The molecule has 7 nitrogen and oxygen atoms in total. The molecule has 2 aliphatic rings. The zero-order valence-electron chi connectivity index (χ0n) is 20.2. The largest absolute Gasteiger partial charge is 0.377 e. The molecule has 1 N–H and O–H groups in total. The zero-order valence-corrected chi connectivity index (χ0v) is 20.2. The molecule has 34 heavy (non-hydrogen) atoms. The van der Waals surface area contributed by atoms with Crippen LogP contribution in [0.3, 0.4) is 0 Å². The number of nitrogens with one attached hydrogen (secondary N) is 1. The minimum atomic E-state index is 0.529. The van der Waals surface area contributed by atoms with E-state index in [1.807, 2.05) is 6.20 Å². The lowest BCUT2D eigenvalue weighted by Gasteiger charge is -2.35. The molecule has 0 amide bonds. The summed E-state index contributed by atoms with van der Waals surface area (Å²) in [6.07, 6.45) is 7.99. The summed E-state index contributed by atoms with van der Waals surface area (Å²) in [6, 6.07) is 12.8. The molecule has 7 heteroatoms. The van der Waals surface area contributed by atoms with Crippen LogP contribution >= 0.6 is 0 Å². The first kappa shape index (κ1) is 22.6. The molecule has 178 valence electrons. The molecule has 0 bridgehead atoms. The predicted octanol–water partition coefficient (Wildman–Crippen LogP) is 4.42. The van der Waals surface area contributed by atoms with Gasteiger partial charge in [-0.15, -0.1) is 0 Å². The molecule has 1 saturated heterocycles. The zero-order chi connectivity index (χ0) is 23.5. The van der Waals surface area contributed by atoms with Crippen LogP contribution in [0.5, 0.6) is 0 Å². The Bertz CT molecular complexity index is 1130. The fourth-order valence-electron chi connectivity index (χ4n) is 5.35. The van der Waals surface area contributed by atoms with Crippen molar-refractivity contribution in [1.82, 2.24) is 14.9 Å². The van der Waals surface area contributed by atoms with Crippen LogP contribution in [-0.4, -0.2) is 68.0 Å². The summed E-state index contributed by atoms with van der Waals surface area (Å²) in [5.74, 6) is 1.20. The molecule has 1 aromatic heterocycles. The van der Waals surface area contributed by atoms with Crippen LogP contribution in [0.15, 0.2) is 42.6 Å². The molecule has 1 aliphatic carbocycles. The first-order valence-corrected chi connectivity index (χ1v) is 12.4. The first-order valence-electron chi connectivity index (χ1n) is 12.4. The van der Waals surface area contributed by atoms with Crippen molar-refractivity contribution in [1.29, 1.82) is 0 Å². The SMILES string of the molecule is CN(C)c1ccc2cnc(Nc3ccc(N4CCN(CC=O)CC4)cc3)nc2c1C1CCCC1. The van der Waals surface area contributed by atoms with Crippen molar-refractivity contribution >= 4 is 40.2 Å². The maximum absolute atomic E-state index is 10.7. The number of aldehydes is 1. The highest BCUT2D eigenvalue weighted by Gasteiger charge is 2.24. The summed E-state index contributed by atoms with van der Waals surface area (Å²) in [7, 11) is 4.23. The average molecular weight is 459 g/mol. The Balaban J connectivity index is 1.36. The van der Waals surface area contributed by atoms with Gasteiger partial charge in [0.25, 0.3) is 0 Å². The van der Waals surface area contributed by atoms with Gasteiger partial charge in [0, 0.05) is 74.5 Å². The molecule has 2 fully saturated rings. The number of hydrogen-bond donors (Lipinski definition) is 1. The van der Waals surface area contributed by atoms with Gasteiger partial charge in [0.2, 0.25) is 5.95 Å². The number of carbonyl (C=O) groups is 1. The summed E-state index contributed by atoms with van der Waals surface area (Å²) in [6.45, 7) is 4.24. The minimum absolute atomic E-state index is 0.529. The normalized spacial score (nSPS) is 17.3. The highest BCUT2D eigenvalue weighted by molar-refractivity contribution is 5.88. The first-order chi connectivity index (χ1) is 16.6. The van der Waals surface area contributed by atoms with Gasteiger partial charge >= 0.3 is 0 Å². The van der Waals surface area contributed by atoms with E-state index in [2.05, 4.69) is 75.5 Å². The monoisotopic (exact) mass is 458 g/mol. The van der Waals surface area contributed by atoms with Gasteiger partial charge in [-0.3, -0.25) is 4.90 Å². The second kappa shape index (κ2) is 9.97. The second-order valence-corrected chi connectivity index (χ2v) is 9.63. The van der Waals surface area contributed by atoms with E-state index in [1.165, 1.54) is 42.6 Å². The van der Waals surface area contributed by atoms with E-state index in [-0.39, 0.29) is 0 Å². The molecule has 3 aromatic rings. The molecule has 5 rings (SSSR count). The van der Waals surface area contributed by atoms with Crippen molar-refractivity contribution in [2.45, 2.75) is 31.6 Å². The number of benzene rings is 2. The Morgan fingerprint density at radius 3 is 2.44 bits per heavy atom. The van der Waals surface area contributed by atoms with E-state index < -0.39 is 0 Å². The molecule has 0 unspecified atom stereocenters. The molecule has 2 aromatic carbocycles. The van der Waals surface area contributed by atoms with Gasteiger partial charge in [0.05, 0.1) is 12.1 Å². The van der Waals surface area contributed by atoms with Crippen molar-refractivity contribution in [2.24, 2.45) is 0 Å². The Morgan fingerprint density at radius 1 is 1.03 bits per heavy atom. The predicted molar refractivity (Wildman–Crippen MR) is 140 cm³/mol. The Labute approximate surface area is 201 Å². The molecule has 0 atom stereocenters. The maximum Gasteiger partial charge on any atom is 0.227 e. The quantitative estimate of drug-likeness (QED) is 0.526. The van der Waals surface area contributed by atoms with Gasteiger partial charge in [-0.25, -0.2) is 9.97 Å².